The standard InChI is InChI=1S/C12H10F3N3O2/c13-12(14,15)20-10-3-1-2-8(6-10)17-11-7-9(18-19)4-5-16-11/h1-7,19H,(H2,16,17,18). The van der Waals surface area contributed by atoms with Crippen LogP contribution in [0.25, 0.3) is 0 Å². The van der Waals surface area contributed by atoms with Crippen molar-refractivity contribution >= 4 is 17.2 Å². The molecule has 5 nitrogen and oxygen atoms in total. The summed E-state index contributed by atoms with van der Waals surface area (Å²) in [6.07, 6.45) is -3.31. The third-order valence-corrected chi connectivity index (χ3v) is 2.23. The number of aromatic nitrogens is 1. The molecule has 20 heavy (non-hydrogen) atoms. The van der Waals surface area contributed by atoms with E-state index in [9.17, 15) is 13.2 Å². The Morgan fingerprint density at radius 1 is 1.10 bits per heavy atom. The first-order valence-electron chi connectivity index (χ1n) is 5.45. The Bertz CT molecular complexity index is 590. The van der Waals surface area contributed by atoms with Gasteiger partial charge in [-0.3, -0.25) is 10.7 Å². The van der Waals surface area contributed by atoms with Gasteiger partial charge < -0.3 is 10.1 Å². The molecule has 0 spiro atoms. The molecule has 0 aliphatic carbocycles. The third-order valence-electron chi connectivity index (χ3n) is 2.23. The van der Waals surface area contributed by atoms with Gasteiger partial charge in [0, 0.05) is 24.0 Å². The predicted octanol–water partition coefficient (Wildman–Crippen LogP) is 3.52. The highest BCUT2D eigenvalue weighted by atomic mass is 19.4. The quantitative estimate of drug-likeness (QED) is 0.750. The second-order valence-electron chi connectivity index (χ2n) is 3.74. The number of nitrogens with one attached hydrogen (secondary N) is 2. The zero-order chi connectivity index (χ0) is 14.6. The van der Waals surface area contributed by atoms with Crippen LogP contribution in [0.5, 0.6) is 5.75 Å². The summed E-state index contributed by atoms with van der Waals surface area (Å²) in [5.74, 6) is 0.0205. The molecule has 0 fully saturated rings. The summed E-state index contributed by atoms with van der Waals surface area (Å²) in [7, 11) is 0. The molecule has 8 heteroatoms. The van der Waals surface area contributed by atoms with Crippen molar-refractivity contribution in [3.05, 3.63) is 42.6 Å². The van der Waals surface area contributed by atoms with Crippen molar-refractivity contribution in [3.63, 3.8) is 0 Å². The second-order valence-corrected chi connectivity index (χ2v) is 3.74. The highest BCUT2D eigenvalue weighted by Gasteiger charge is 2.31. The summed E-state index contributed by atoms with van der Waals surface area (Å²) >= 11 is 0. The van der Waals surface area contributed by atoms with Crippen LogP contribution >= 0.6 is 0 Å². The molecule has 2 aromatic rings. The van der Waals surface area contributed by atoms with Gasteiger partial charge in [0.25, 0.3) is 0 Å². The van der Waals surface area contributed by atoms with Gasteiger partial charge in [0.1, 0.15) is 11.6 Å². The van der Waals surface area contributed by atoms with Gasteiger partial charge in [-0.25, -0.2) is 4.98 Å². The van der Waals surface area contributed by atoms with Gasteiger partial charge in [0.2, 0.25) is 0 Å². The van der Waals surface area contributed by atoms with Crippen LogP contribution in [0.15, 0.2) is 42.6 Å². The molecule has 0 saturated carbocycles. The molecule has 0 atom stereocenters. The van der Waals surface area contributed by atoms with Gasteiger partial charge in [-0.05, 0) is 18.2 Å². The molecule has 0 aliphatic rings. The molecule has 1 heterocycles. The van der Waals surface area contributed by atoms with Crippen LogP contribution < -0.4 is 15.5 Å². The second kappa shape index (κ2) is 5.66. The molecule has 2 rings (SSSR count). The van der Waals surface area contributed by atoms with Crippen molar-refractivity contribution in [3.8, 4) is 5.75 Å². The molecule has 0 radical (unpaired) electrons. The smallest absolute Gasteiger partial charge is 0.406 e. The number of anilines is 3. The number of rotatable bonds is 4. The van der Waals surface area contributed by atoms with E-state index in [1.807, 2.05) is 5.48 Å². The van der Waals surface area contributed by atoms with Gasteiger partial charge in [-0.15, -0.1) is 13.2 Å². The molecule has 0 saturated heterocycles. The van der Waals surface area contributed by atoms with E-state index in [0.717, 1.165) is 0 Å². The van der Waals surface area contributed by atoms with Crippen LogP contribution in [0.4, 0.5) is 30.4 Å². The molecule has 3 N–H and O–H groups in total. The van der Waals surface area contributed by atoms with Crippen molar-refractivity contribution in [2.45, 2.75) is 6.36 Å². The molecule has 1 aromatic carbocycles. The largest absolute Gasteiger partial charge is 0.573 e. The third kappa shape index (κ3) is 4.02. The first-order chi connectivity index (χ1) is 9.46. The van der Waals surface area contributed by atoms with Crippen LogP contribution in [0.2, 0.25) is 0 Å². The summed E-state index contributed by atoms with van der Waals surface area (Å²) in [6.45, 7) is 0. The zero-order valence-electron chi connectivity index (χ0n) is 9.98. The molecule has 0 bridgehead atoms. The van der Waals surface area contributed by atoms with E-state index in [4.69, 9.17) is 5.21 Å². The Morgan fingerprint density at radius 3 is 2.60 bits per heavy atom. The fourth-order valence-corrected chi connectivity index (χ4v) is 1.49. The fraction of sp³-hybridized carbons (Fsp3) is 0.0833. The first kappa shape index (κ1) is 13.9. The Balaban J connectivity index is 2.15. The van der Waals surface area contributed by atoms with Crippen LogP contribution in [0, 0.1) is 0 Å². The molecular weight excluding hydrogens is 275 g/mol. The minimum atomic E-state index is -4.74. The Morgan fingerprint density at radius 2 is 1.90 bits per heavy atom. The maximum Gasteiger partial charge on any atom is 0.573 e. The van der Waals surface area contributed by atoms with Gasteiger partial charge in [-0.2, -0.15) is 0 Å². The lowest BCUT2D eigenvalue weighted by molar-refractivity contribution is -0.274. The van der Waals surface area contributed by atoms with E-state index in [-0.39, 0.29) is 5.75 Å². The summed E-state index contributed by atoms with van der Waals surface area (Å²) in [6, 6.07) is 8.36. The normalized spacial score (nSPS) is 11.0. The van der Waals surface area contributed by atoms with Crippen molar-refractivity contribution in [1.82, 2.24) is 4.98 Å². The Hall–Kier alpha value is -2.48. The highest BCUT2D eigenvalue weighted by Crippen LogP contribution is 2.26. The minimum Gasteiger partial charge on any atom is -0.406 e. The number of halogens is 3. The Labute approximate surface area is 112 Å². The number of ether oxygens (including phenoxy) is 1. The first-order valence-corrected chi connectivity index (χ1v) is 5.45. The molecular formula is C12H10F3N3O2. The Kier molecular flexibility index (Phi) is 3.94. The number of alkyl halides is 3. The number of benzene rings is 1. The monoisotopic (exact) mass is 285 g/mol. The summed E-state index contributed by atoms with van der Waals surface area (Å²) in [4.78, 5) is 3.96. The molecule has 0 unspecified atom stereocenters. The fourth-order valence-electron chi connectivity index (χ4n) is 1.49. The number of nitrogens with zero attached hydrogens (tertiary/aromatic N) is 1. The number of hydrogen-bond acceptors (Lipinski definition) is 5. The van der Waals surface area contributed by atoms with Gasteiger partial charge in [0.05, 0.1) is 5.69 Å². The van der Waals surface area contributed by atoms with E-state index in [1.54, 1.807) is 6.07 Å². The maximum absolute atomic E-state index is 12.1. The lowest BCUT2D eigenvalue weighted by Gasteiger charge is -2.11. The van der Waals surface area contributed by atoms with Gasteiger partial charge in [0.15, 0.2) is 0 Å². The van der Waals surface area contributed by atoms with E-state index in [2.05, 4.69) is 15.0 Å². The molecule has 1 aromatic heterocycles. The average Bonchev–Trinajstić information content (AvgIpc) is 2.37. The topological polar surface area (TPSA) is 66.4 Å². The van der Waals surface area contributed by atoms with Crippen molar-refractivity contribution in [1.29, 1.82) is 0 Å². The van der Waals surface area contributed by atoms with Crippen molar-refractivity contribution in [2.24, 2.45) is 0 Å². The van der Waals surface area contributed by atoms with Crippen LogP contribution in [0.3, 0.4) is 0 Å². The average molecular weight is 285 g/mol. The summed E-state index contributed by atoms with van der Waals surface area (Å²) in [5.41, 5.74) is 2.71. The molecule has 0 amide bonds. The summed E-state index contributed by atoms with van der Waals surface area (Å²) < 4.78 is 40.1. The van der Waals surface area contributed by atoms with E-state index >= 15 is 0 Å². The lowest BCUT2D eigenvalue weighted by Crippen LogP contribution is -2.17. The van der Waals surface area contributed by atoms with E-state index < -0.39 is 6.36 Å². The minimum absolute atomic E-state index is 0.334. The SMILES string of the molecule is ONc1ccnc(Nc2cccc(OC(F)(F)F)c2)c1. The van der Waals surface area contributed by atoms with Crippen LogP contribution in [-0.2, 0) is 0 Å². The van der Waals surface area contributed by atoms with Crippen LogP contribution in [0.1, 0.15) is 0 Å². The highest BCUT2D eigenvalue weighted by molar-refractivity contribution is 5.61. The number of pyridine rings is 1. The predicted molar refractivity (Wildman–Crippen MR) is 66.1 cm³/mol. The molecule has 106 valence electrons. The van der Waals surface area contributed by atoms with Crippen molar-refractivity contribution < 1.29 is 23.1 Å². The van der Waals surface area contributed by atoms with E-state index in [0.29, 0.717) is 17.2 Å². The maximum atomic E-state index is 12.1. The summed E-state index contributed by atoms with van der Waals surface area (Å²) in [5, 5.41) is 11.5. The van der Waals surface area contributed by atoms with Crippen LogP contribution in [-0.4, -0.2) is 16.6 Å². The van der Waals surface area contributed by atoms with Crippen molar-refractivity contribution in [2.75, 3.05) is 10.8 Å². The van der Waals surface area contributed by atoms with E-state index in [1.165, 1.54) is 36.5 Å². The molecule has 0 aliphatic heterocycles. The van der Waals surface area contributed by atoms with Gasteiger partial charge in [-0.1, -0.05) is 6.07 Å². The zero-order valence-corrected chi connectivity index (χ0v) is 9.98. The van der Waals surface area contributed by atoms with Gasteiger partial charge >= 0.3 is 6.36 Å². The lowest BCUT2D eigenvalue weighted by atomic mass is 10.3. The number of hydrogen-bond donors (Lipinski definition) is 3.